The molecule has 0 saturated carbocycles. The van der Waals surface area contributed by atoms with Gasteiger partial charge in [0.15, 0.2) is 6.61 Å². The third kappa shape index (κ3) is 5.10. The first-order valence-corrected chi connectivity index (χ1v) is 11.5. The number of carbonyl (C=O) groups is 1. The van der Waals surface area contributed by atoms with Crippen LogP contribution < -0.4 is 4.74 Å². The lowest BCUT2D eigenvalue weighted by Crippen LogP contribution is -2.49. The summed E-state index contributed by atoms with van der Waals surface area (Å²) in [5.74, 6) is 0.431. The maximum absolute atomic E-state index is 13.6. The molecule has 0 spiro atoms. The first kappa shape index (κ1) is 22.5. The van der Waals surface area contributed by atoms with Crippen molar-refractivity contribution in [3.8, 4) is 5.75 Å². The van der Waals surface area contributed by atoms with Crippen molar-refractivity contribution in [1.82, 2.24) is 24.8 Å². The molecule has 0 radical (unpaired) electrons. The summed E-state index contributed by atoms with van der Waals surface area (Å²) in [4.78, 5) is 16.7. The molecule has 1 aromatic heterocycles. The number of aromatic nitrogens is 3. The Bertz CT molecular complexity index is 1140. The van der Waals surface area contributed by atoms with Gasteiger partial charge in [-0.15, -0.1) is 5.10 Å². The van der Waals surface area contributed by atoms with E-state index < -0.39 is 0 Å². The number of amides is 1. The minimum absolute atomic E-state index is 0.00180. The summed E-state index contributed by atoms with van der Waals surface area (Å²) in [6.45, 7) is 6.44. The summed E-state index contributed by atoms with van der Waals surface area (Å²) in [5.41, 5.74) is 3.80. The molecule has 1 amide bonds. The van der Waals surface area contributed by atoms with Crippen molar-refractivity contribution >= 4 is 5.91 Å². The second kappa shape index (κ2) is 9.90. The minimum Gasteiger partial charge on any atom is -0.484 e. The first-order valence-electron chi connectivity index (χ1n) is 11.5. The number of fused-ring (bicyclic) bond motifs is 1. The van der Waals surface area contributed by atoms with Crippen LogP contribution in [0, 0.1) is 12.7 Å². The molecule has 1 saturated heterocycles. The Labute approximate surface area is 197 Å². The van der Waals surface area contributed by atoms with E-state index in [1.165, 1.54) is 12.1 Å². The van der Waals surface area contributed by atoms with Crippen molar-refractivity contribution in [2.45, 2.75) is 32.7 Å². The Morgan fingerprint density at radius 1 is 1.15 bits per heavy atom. The van der Waals surface area contributed by atoms with E-state index in [-0.39, 0.29) is 24.4 Å². The predicted molar refractivity (Wildman–Crippen MR) is 122 cm³/mol. The average Bonchev–Trinajstić information content (AvgIpc) is 3.26. The summed E-state index contributed by atoms with van der Waals surface area (Å²) < 4.78 is 27.1. The van der Waals surface area contributed by atoms with E-state index in [0.29, 0.717) is 38.5 Å². The Morgan fingerprint density at radius 3 is 2.71 bits per heavy atom. The Morgan fingerprint density at radius 2 is 1.94 bits per heavy atom. The quantitative estimate of drug-likeness (QED) is 0.558. The van der Waals surface area contributed by atoms with Gasteiger partial charge in [0, 0.05) is 32.7 Å². The van der Waals surface area contributed by atoms with Crippen LogP contribution in [0.5, 0.6) is 5.75 Å². The number of ether oxygens (including phenoxy) is 2. The Hall–Kier alpha value is -3.30. The molecule has 9 heteroatoms. The number of piperazine rings is 1. The van der Waals surface area contributed by atoms with Gasteiger partial charge in [0.25, 0.3) is 5.91 Å². The Kier molecular flexibility index (Phi) is 6.55. The normalized spacial score (nSPS) is 18.5. The van der Waals surface area contributed by atoms with Crippen molar-refractivity contribution < 1.29 is 18.7 Å². The topological polar surface area (TPSA) is 72.7 Å². The molecular formula is C25H28FN5O3. The third-order valence-electron chi connectivity index (χ3n) is 6.38. The SMILES string of the molecule is Cc1ccc(OCC(=O)N2CCN(Cc3nnn4c3COC(c3cccc(F)c3)C4)CC2)cc1. The van der Waals surface area contributed by atoms with Crippen LogP contribution in [0.25, 0.3) is 0 Å². The monoisotopic (exact) mass is 465 g/mol. The zero-order chi connectivity index (χ0) is 23.5. The van der Waals surface area contributed by atoms with Crippen LogP contribution in [0.2, 0.25) is 0 Å². The highest BCUT2D eigenvalue weighted by molar-refractivity contribution is 5.77. The largest absolute Gasteiger partial charge is 0.484 e. The van der Waals surface area contributed by atoms with Crippen LogP contribution in [0.4, 0.5) is 4.39 Å². The molecule has 1 unspecified atom stereocenters. The van der Waals surface area contributed by atoms with Crippen LogP contribution in [-0.2, 0) is 29.2 Å². The molecule has 2 aliphatic heterocycles. The van der Waals surface area contributed by atoms with Crippen molar-refractivity contribution in [3.63, 3.8) is 0 Å². The number of aryl methyl sites for hydroxylation is 1. The maximum Gasteiger partial charge on any atom is 0.260 e. The summed E-state index contributed by atoms with van der Waals surface area (Å²) in [7, 11) is 0. The van der Waals surface area contributed by atoms with E-state index >= 15 is 0 Å². The molecule has 178 valence electrons. The van der Waals surface area contributed by atoms with E-state index in [0.717, 1.165) is 35.6 Å². The molecule has 3 heterocycles. The van der Waals surface area contributed by atoms with Gasteiger partial charge < -0.3 is 14.4 Å². The second-order valence-corrected chi connectivity index (χ2v) is 8.78. The fraction of sp³-hybridized carbons (Fsp3) is 0.400. The van der Waals surface area contributed by atoms with Gasteiger partial charge in [-0.3, -0.25) is 9.69 Å². The number of halogens is 1. The average molecular weight is 466 g/mol. The number of hydrogen-bond donors (Lipinski definition) is 0. The fourth-order valence-corrected chi connectivity index (χ4v) is 4.33. The van der Waals surface area contributed by atoms with Crippen LogP contribution in [-0.4, -0.2) is 63.5 Å². The van der Waals surface area contributed by atoms with Crippen LogP contribution in [0.3, 0.4) is 0 Å². The van der Waals surface area contributed by atoms with Crippen LogP contribution in [0.15, 0.2) is 48.5 Å². The molecule has 5 rings (SSSR count). The second-order valence-electron chi connectivity index (χ2n) is 8.78. The lowest BCUT2D eigenvalue weighted by atomic mass is 10.1. The summed E-state index contributed by atoms with van der Waals surface area (Å²) >= 11 is 0. The van der Waals surface area contributed by atoms with Gasteiger partial charge in [-0.05, 0) is 36.8 Å². The van der Waals surface area contributed by atoms with E-state index in [2.05, 4.69) is 15.2 Å². The number of hydrogen-bond acceptors (Lipinski definition) is 6. The third-order valence-corrected chi connectivity index (χ3v) is 6.38. The van der Waals surface area contributed by atoms with Crippen molar-refractivity contribution in [3.05, 3.63) is 76.9 Å². The predicted octanol–water partition coefficient (Wildman–Crippen LogP) is 2.72. The van der Waals surface area contributed by atoms with Gasteiger partial charge in [0.2, 0.25) is 0 Å². The molecule has 0 aliphatic carbocycles. The fourth-order valence-electron chi connectivity index (χ4n) is 4.33. The molecule has 2 aromatic carbocycles. The molecule has 34 heavy (non-hydrogen) atoms. The molecule has 2 aliphatic rings. The number of benzene rings is 2. The zero-order valence-electron chi connectivity index (χ0n) is 19.2. The van der Waals surface area contributed by atoms with E-state index in [1.54, 1.807) is 6.07 Å². The lowest BCUT2D eigenvalue weighted by molar-refractivity contribution is -0.135. The standard InChI is InChI=1S/C25H28FN5O3/c1-18-5-7-21(8-6-18)33-17-25(32)30-11-9-29(10-12-30)14-22-23-16-34-24(15-31(23)28-27-22)19-3-2-4-20(26)13-19/h2-8,13,24H,9-12,14-17H2,1H3. The summed E-state index contributed by atoms with van der Waals surface area (Å²) in [5, 5.41) is 8.68. The van der Waals surface area contributed by atoms with Gasteiger partial charge >= 0.3 is 0 Å². The Balaban J connectivity index is 1.11. The number of rotatable bonds is 6. The molecule has 3 aromatic rings. The summed E-state index contributed by atoms with van der Waals surface area (Å²) in [6, 6.07) is 14.2. The molecule has 0 N–H and O–H groups in total. The van der Waals surface area contributed by atoms with Crippen molar-refractivity contribution in [1.29, 1.82) is 0 Å². The zero-order valence-corrected chi connectivity index (χ0v) is 19.2. The molecule has 0 bridgehead atoms. The van der Waals surface area contributed by atoms with Crippen LogP contribution in [0.1, 0.15) is 28.6 Å². The van der Waals surface area contributed by atoms with Crippen molar-refractivity contribution in [2.75, 3.05) is 32.8 Å². The summed E-state index contributed by atoms with van der Waals surface area (Å²) in [6.07, 6.45) is -0.241. The molecule has 1 atom stereocenters. The van der Waals surface area contributed by atoms with E-state index in [4.69, 9.17) is 9.47 Å². The number of nitrogens with zero attached hydrogens (tertiary/aromatic N) is 5. The maximum atomic E-state index is 13.6. The van der Waals surface area contributed by atoms with Gasteiger partial charge in [0.1, 0.15) is 23.4 Å². The molecule has 1 fully saturated rings. The lowest BCUT2D eigenvalue weighted by Gasteiger charge is -2.34. The van der Waals surface area contributed by atoms with Crippen molar-refractivity contribution in [2.24, 2.45) is 0 Å². The van der Waals surface area contributed by atoms with Gasteiger partial charge in [-0.25, -0.2) is 9.07 Å². The smallest absolute Gasteiger partial charge is 0.260 e. The van der Waals surface area contributed by atoms with Gasteiger partial charge in [0.05, 0.1) is 18.8 Å². The van der Waals surface area contributed by atoms with Gasteiger partial charge in [-0.2, -0.15) is 0 Å². The molecular weight excluding hydrogens is 437 g/mol. The highest BCUT2D eigenvalue weighted by Crippen LogP contribution is 2.27. The van der Waals surface area contributed by atoms with E-state index in [1.807, 2.05) is 46.8 Å². The number of carbonyl (C=O) groups excluding carboxylic acids is 1. The van der Waals surface area contributed by atoms with Crippen LogP contribution >= 0.6 is 0 Å². The first-order chi connectivity index (χ1) is 16.5. The highest BCUT2D eigenvalue weighted by atomic mass is 19.1. The van der Waals surface area contributed by atoms with Gasteiger partial charge in [-0.1, -0.05) is 35.0 Å². The molecule has 8 nitrogen and oxygen atoms in total. The minimum atomic E-state index is -0.273. The van der Waals surface area contributed by atoms with E-state index in [9.17, 15) is 9.18 Å². The highest BCUT2D eigenvalue weighted by Gasteiger charge is 2.27.